The first-order valence-electron chi connectivity index (χ1n) is 11.6. The second kappa shape index (κ2) is 10.3. The molecule has 2 fully saturated rings. The van der Waals surface area contributed by atoms with E-state index in [-0.39, 0.29) is 5.92 Å². The van der Waals surface area contributed by atoms with Crippen molar-refractivity contribution in [3.8, 4) is 0 Å². The smallest absolute Gasteiger partial charge is 0.133 e. The summed E-state index contributed by atoms with van der Waals surface area (Å²) in [5.74, 6) is 1.02. The van der Waals surface area contributed by atoms with Crippen LogP contribution >= 0.6 is 0 Å². The average Bonchev–Trinajstić information content (AvgIpc) is 3.55. The Kier molecular flexibility index (Phi) is 7.76. The topological polar surface area (TPSA) is 20.3 Å². The summed E-state index contributed by atoms with van der Waals surface area (Å²) in [5, 5.41) is 0. The van der Waals surface area contributed by atoms with Gasteiger partial charge >= 0.3 is 0 Å². The highest BCUT2D eigenvalue weighted by atomic mass is 16.1. The molecule has 0 radical (unpaired) electrons. The maximum absolute atomic E-state index is 12.1. The molecular formula is C26H39NO. The minimum atomic E-state index is 0.227. The second-order valence-corrected chi connectivity index (χ2v) is 9.09. The Labute approximate surface area is 172 Å². The van der Waals surface area contributed by atoms with Crippen LogP contribution in [0.3, 0.4) is 0 Å². The number of carbonyl (C=O) groups is 1. The Morgan fingerprint density at radius 1 is 1.04 bits per heavy atom. The summed E-state index contributed by atoms with van der Waals surface area (Å²) in [6.07, 6.45) is 13.7. The van der Waals surface area contributed by atoms with Gasteiger partial charge in [0.2, 0.25) is 0 Å². The number of rotatable bonds is 11. The third-order valence-corrected chi connectivity index (χ3v) is 6.76. The molecule has 0 heterocycles. The van der Waals surface area contributed by atoms with E-state index in [0.717, 1.165) is 25.8 Å². The zero-order valence-corrected chi connectivity index (χ0v) is 18.1. The van der Waals surface area contributed by atoms with Gasteiger partial charge in [-0.3, -0.25) is 4.79 Å². The number of Topliss-reactive ketones (excluding diaryl/α,β-unsaturated/α-hetero) is 1. The van der Waals surface area contributed by atoms with E-state index in [1.165, 1.54) is 68.2 Å². The monoisotopic (exact) mass is 381 g/mol. The summed E-state index contributed by atoms with van der Waals surface area (Å²) in [6.45, 7) is 9.44. The van der Waals surface area contributed by atoms with Gasteiger partial charge in [0, 0.05) is 24.2 Å². The van der Waals surface area contributed by atoms with E-state index >= 15 is 0 Å². The van der Waals surface area contributed by atoms with Crippen molar-refractivity contribution < 1.29 is 4.79 Å². The number of carbonyl (C=O) groups excluding carboxylic acids is 1. The molecule has 1 aromatic carbocycles. The molecule has 154 valence electrons. The quantitative estimate of drug-likeness (QED) is 0.385. The Hall–Kier alpha value is -1.57. The van der Waals surface area contributed by atoms with Gasteiger partial charge in [-0.15, -0.1) is 0 Å². The average molecular weight is 382 g/mol. The SMILES string of the molecule is C=C(CCCCCC)N(Cc1ccc([C@@H]2CCCCC2C(C)=O)cc1)C1CC1. The van der Waals surface area contributed by atoms with Gasteiger partial charge in [0.1, 0.15) is 5.78 Å². The molecule has 0 bridgehead atoms. The molecule has 2 saturated carbocycles. The second-order valence-electron chi connectivity index (χ2n) is 9.09. The van der Waals surface area contributed by atoms with Crippen LogP contribution < -0.4 is 0 Å². The number of allylic oxidation sites excluding steroid dienone is 1. The third-order valence-electron chi connectivity index (χ3n) is 6.76. The lowest BCUT2D eigenvalue weighted by Crippen LogP contribution is -2.25. The van der Waals surface area contributed by atoms with Crippen LogP contribution in [-0.2, 0) is 11.3 Å². The predicted octanol–water partition coefficient (Wildman–Crippen LogP) is 7.00. The summed E-state index contributed by atoms with van der Waals surface area (Å²) in [5.41, 5.74) is 4.06. The maximum atomic E-state index is 12.1. The largest absolute Gasteiger partial charge is 0.368 e. The lowest BCUT2D eigenvalue weighted by atomic mass is 9.74. The Bertz CT molecular complexity index is 643. The molecule has 1 aromatic rings. The predicted molar refractivity (Wildman–Crippen MR) is 118 cm³/mol. The minimum Gasteiger partial charge on any atom is -0.368 e. The summed E-state index contributed by atoms with van der Waals surface area (Å²) in [7, 11) is 0. The fourth-order valence-corrected chi connectivity index (χ4v) is 4.87. The van der Waals surface area contributed by atoms with E-state index in [4.69, 9.17) is 0 Å². The van der Waals surface area contributed by atoms with Crippen molar-refractivity contribution in [1.82, 2.24) is 4.90 Å². The number of ketones is 1. The molecule has 0 N–H and O–H groups in total. The first-order chi connectivity index (χ1) is 13.6. The Balaban J connectivity index is 1.60. The van der Waals surface area contributed by atoms with Crippen LogP contribution in [0.25, 0.3) is 0 Å². The van der Waals surface area contributed by atoms with Crippen molar-refractivity contribution in [2.75, 3.05) is 0 Å². The molecule has 2 heteroatoms. The molecule has 0 aromatic heterocycles. The van der Waals surface area contributed by atoms with E-state index < -0.39 is 0 Å². The van der Waals surface area contributed by atoms with Gasteiger partial charge < -0.3 is 4.90 Å². The van der Waals surface area contributed by atoms with Crippen molar-refractivity contribution in [3.05, 3.63) is 47.7 Å². The van der Waals surface area contributed by atoms with Crippen LogP contribution in [-0.4, -0.2) is 16.7 Å². The molecule has 1 unspecified atom stereocenters. The van der Waals surface area contributed by atoms with Crippen molar-refractivity contribution in [1.29, 1.82) is 0 Å². The summed E-state index contributed by atoms with van der Waals surface area (Å²) >= 11 is 0. The molecular weight excluding hydrogens is 342 g/mol. The lowest BCUT2D eigenvalue weighted by molar-refractivity contribution is -0.122. The van der Waals surface area contributed by atoms with Gasteiger partial charge in [0.15, 0.2) is 0 Å². The van der Waals surface area contributed by atoms with E-state index in [1.54, 1.807) is 6.92 Å². The minimum absolute atomic E-state index is 0.227. The molecule has 0 saturated heterocycles. The van der Waals surface area contributed by atoms with E-state index in [1.807, 2.05) is 0 Å². The van der Waals surface area contributed by atoms with Crippen molar-refractivity contribution in [2.45, 2.75) is 103 Å². The van der Waals surface area contributed by atoms with Crippen LogP contribution in [0.5, 0.6) is 0 Å². The number of unbranched alkanes of at least 4 members (excludes halogenated alkanes) is 3. The third kappa shape index (κ3) is 5.72. The highest BCUT2D eigenvalue weighted by Gasteiger charge is 2.31. The van der Waals surface area contributed by atoms with Gasteiger partial charge in [-0.2, -0.15) is 0 Å². The highest BCUT2D eigenvalue weighted by molar-refractivity contribution is 5.79. The first-order valence-corrected chi connectivity index (χ1v) is 11.6. The maximum Gasteiger partial charge on any atom is 0.133 e. The van der Waals surface area contributed by atoms with Crippen molar-refractivity contribution >= 4 is 5.78 Å². The summed E-state index contributed by atoms with van der Waals surface area (Å²) in [4.78, 5) is 14.6. The van der Waals surface area contributed by atoms with Gasteiger partial charge in [-0.1, -0.05) is 69.9 Å². The van der Waals surface area contributed by atoms with Crippen LogP contribution in [0.2, 0.25) is 0 Å². The fraction of sp³-hybridized carbons (Fsp3) is 0.654. The number of benzene rings is 1. The van der Waals surface area contributed by atoms with Crippen LogP contribution in [0.15, 0.2) is 36.5 Å². The highest BCUT2D eigenvalue weighted by Crippen LogP contribution is 2.39. The van der Waals surface area contributed by atoms with Gasteiger partial charge in [-0.05, 0) is 62.5 Å². The summed E-state index contributed by atoms with van der Waals surface area (Å²) in [6, 6.07) is 9.87. The molecule has 0 aliphatic heterocycles. The molecule has 2 nitrogen and oxygen atoms in total. The van der Waals surface area contributed by atoms with Crippen LogP contribution in [0.1, 0.15) is 102 Å². The molecule has 2 aliphatic carbocycles. The van der Waals surface area contributed by atoms with Gasteiger partial charge in [0.25, 0.3) is 0 Å². The molecule has 0 spiro atoms. The van der Waals surface area contributed by atoms with E-state index in [2.05, 4.69) is 42.7 Å². The first kappa shape index (κ1) is 21.1. The Morgan fingerprint density at radius 3 is 2.39 bits per heavy atom. The number of hydrogen-bond acceptors (Lipinski definition) is 2. The Morgan fingerprint density at radius 2 is 1.75 bits per heavy atom. The lowest BCUT2D eigenvalue weighted by Gasteiger charge is -2.30. The van der Waals surface area contributed by atoms with Gasteiger partial charge in [0.05, 0.1) is 0 Å². The van der Waals surface area contributed by atoms with Crippen molar-refractivity contribution in [2.24, 2.45) is 5.92 Å². The molecule has 0 amide bonds. The normalized spacial score (nSPS) is 22.1. The number of hydrogen-bond donors (Lipinski definition) is 0. The molecule has 3 rings (SSSR count). The van der Waals surface area contributed by atoms with Crippen LogP contribution in [0.4, 0.5) is 0 Å². The zero-order chi connectivity index (χ0) is 19.9. The van der Waals surface area contributed by atoms with Crippen LogP contribution in [0, 0.1) is 5.92 Å². The molecule has 2 atom stereocenters. The molecule has 28 heavy (non-hydrogen) atoms. The molecule has 2 aliphatic rings. The zero-order valence-electron chi connectivity index (χ0n) is 18.1. The van der Waals surface area contributed by atoms with E-state index in [0.29, 0.717) is 17.7 Å². The van der Waals surface area contributed by atoms with E-state index in [9.17, 15) is 4.79 Å². The van der Waals surface area contributed by atoms with Crippen molar-refractivity contribution in [3.63, 3.8) is 0 Å². The van der Waals surface area contributed by atoms with Gasteiger partial charge in [-0.25, -0.2) is 0 Å². The number of nitrogens with zero attached hydrogens (tertiary/aromatic N) is 1. The fourth-order valence-electron chi connectivity index (χ4n) is 4.87. The standard InChI is InChI=1S/C26H39NO/c1-4-5-6-7-10-20(2)27(24-17-18-24)19-22-13-15-23(16-14-22)26-12-9-8-11-25(26)21(3)28/h13-16,24-26H,2,4-12,17-19H2,1,3H3/t25?,26-/m0/s1. The summed E-state index contributed by atoms with van der Waals surface area (Å²) < 4.78 is 0.